The smallest absolute Gasteiger partial charge is 0.127 e. The van der Waals surface area contributed by atoms with E-state index in [9.17, 15) is 0 Å². The Morgan fingerprint density at radius 2 is 2.19 bits per heavy atom. The molecule has 1 unspecified atom stereocenters. The number of aryl methyl sites for hydroxylation is 1. The maximum absolute atomic E-state index is 6.27. The zero-order valence-electron chi connectivity index (χ0n) is 10.2. The van der Waals surface area contributed by atoms with Gasteiger partial charge in [-0.1, -0.05) is 25.5 Å². The van der Waals surface area contributed by atoms with Crippen LogP contribution in [0.25, 0.3) is 11.0 Å². The average Bonchev–Trinajstić information content (AvgIpc) is 2.63. The van der Waals surface area contributed by atoms with Crippen molar-refractivity contribution in [1.82, 2.24) is 9.97 Å². The van der Waals surface area contributed by atoms with Crippen LogP contribution >= 0.6 is 0 Å². The number of H-pyrrole nitrogens is 1. The molecule has 3 N–H and O–H groups in total. The van der Waals surface area contributed by atoms with Gasteiger partial charge in [0, 0.05) is 0 Å². The Hall–Kier alpha value is -1.35. The summed E-state index contributed by atoms with van der Waals surface area (Å²) in [4.78, 5) is 7.95. The van der Waals surface area contributed by atoms with Gasteiger partial charge >= 0.3 is 0 Å². The molecule has 1 aromatic carbocycles. The van der Waals surface area contributed by atoms with Crippen molar-refractivity contribution < 1.29 is 0 Å². The second-order valence-corrected chi connectivity index (χ2v) is 4.72. The quantitative estimate of drug-likeness (QED) is 0.830. The molecule has 0 fully saturated rings. The molecule has 0 aliphatic heterocycles. The Bertz CT molecular complexity index is 497. The minimum absolute atomic E-state index is 0.361. The summed E-state index contributed by atoms with van der Waals surface area (Å²) >= 11 is 0. The highest BCUT2D eigenvalue weighted by atomic mass is 15.0. The Morgan fingerprint density at radius 1 is 1.44 bits per heavy atom. The summed E-state index contributed by atoms with van der Waals surface area (Å²) in [5.74, 6) is 0.888. The van der Waals surface area contributed by atoms with Gasteiger partial charge in [-0.15, -0.1) is 0 Å². The molecule has 16 heavy (non-hydrogen) atoms. The predicted octanol–water partition coefficient (Wildman–Crippen LogP) is 2.85. The highest BCUT2D eigenvalue weighted by Gasteiger charge is 2.24. The van der Waals surface area contributed by atoms with Crippen molar-refractivity contribution in [3.8, 4) is 0 Å². The van der Waals surface area contributed by atoms with Gasteiger partial charge < -0.3 is 10.7 Å². The van der Waals surface area contributed by atoms with Crippen LogP contribution < -0.4 is 5.73 Å². The molecule has 0 aliphatic carbocycles. The molecule has 0 radical (unpaired) electrons. The summed E-state index contributed by atoms with van der Waals surface area (Å²) in [7, 11) is 0. The number of nitrogens with one attached hydrogen (secondary N) is 1. The number of rotatable bonds is 3. The molecule has 1 heterocycles. The average molecular weight is 217 g/mol. The van der Waals surface area contributed by atoms with E-state index in [1.165, 1.54) is 5.56 Å². The fourth-order valence-electron chi connectivity index (χ4n) is 2.08. The van der Waals surface area contributed by atoms with Crippen LogP contribution in [0.2, 0.25) is 0 Å². The molecular formula is C13H19N3. The zero-order chi connectivity index (χ0) is 11.8. The van der Waals surface area contributed by atoms with Crippen LogP contribution in [0.15, 0.2) is 18.2 Å². The van der Waals surface area contributed by atoms with E-state index in [-0.39, 0.29) is 5.54 Å². The van der Waals surface area contributed by atoms with Gasteiger partial charge in [0.1, 0.15) is 5.82 Å². The molecule has 3 heteroatoms. The lowest BCUT2D eigenvalue weighted by molar-refractivity contribution is 0.424. The van der Waals surface area contributed by atoms with E-state index < -0.39 is 0 Å². The first-order chi connectivity index (χ1) is 7.54. The third-order valence-electron chi connectivity index (χ3n) is 3.02. The molecule has 2 rings (SSSR count). The van der Waals surface area contributed by atoms with Crippen LogP contribution in [0.5, 0.6) is 0 Å². The highest BCUT2D eigenvalue weighted by molar-refractivity contribution is 5.78. The number of benzene rings is 1. The van der Waals surface area contributed by atoms with Gasteiger partial charge in [0.15, 0.2) is 0 Å². The first kappa shape index (κ1) is 11.1. The molecule has 0 saturated carbocycles. The van der Waals surface area contributed by atoms with E-state index >= 15 is 0 Å². The van der Waals surface area contributed by atoms with Gasteiger partial charge in [0.2, 0.25) is 0 Å². The normalized spacial score (nSPS) is 15.2. The highest BCUT2D eigenvalue weighted by Crippen LogP contribution is 2.24. The van der Waals surface area contributed by atoms with Crippen molar-refractivity contribution in [2.75, 3.05) is 0 Å². The second-order valence-electron chi connectivity index (χ2n) is 4.72. The van der Waals surface area contributed by atoms with Gasteiger partial charge in [0.05, 0.1) is 16.6 Å². The number of nitrogens with zero attached hydrogens (tertiary/aromatic N) is 1. The lowest BCUT2D eigenvalue weighted by Crippen LogP contribution is -2.34. The maximum Gasteiger partial charge on any atom is 0.127 e. The van der Waals surface area contributed by atoms with Crippen molar-refractivity contribution >= 4 is 11.0 Å². The third kappa shape index (κ3) is 1.83. The number of nitrogens with two attached hydrogens (primary N) is 1. The number of hydrogen-bond acceptors (Lipinski definition) is 2. The van der Waals surface area contributed by atoms with Crippen molar-refractivity contribution in [3.05, 3.63) is 29.6 Å². The standard InChI is InChI=1S/C13H19N3/c1-4-8-13(3,14)12-15-10-7-5-6-9(2)11(10)16-12/h5-7H,4,8,14H2,1-3H3,(H,15,16). The Balaban J connectivity index is 2.51. The SMILES string of the molecule is CCCC(C)(N)c1nc2c(C)cccc2[nH]1. The zero-order valence-corrected chi connectivity index (χ0v) is 10.2. The molecule has 1 atom stereocenters. The number of imidazole rings is 1. The van der Waals surface area contributed by atoms with E-state index in [1.807, 2.05) is 19.1 Å². The number of hydrogen-bond donors (Lipinski definition) is 2. The van der Waals surface area contributed by atoms with E-state index in [1.54, 1.807) is 0 Å². The largest absolute Gasteiger partial charge is 0.340 e. The molecule has 0 aliphatic rings. The van der Waals surface area contributed by atoms with Gasteiger partial charge in [-0.2, -0.15) is 0 Å². The van der Waals surface area contributed by atoms with Crippen LogP contribution in [0, 0.1) is 6.92 Å². The van der Waals surface area contributed by atoms with E-state index in [0.717, 1.165) is 29.7 Å². The van der Waals surface area contributed by atoms with E-state index in [0.29, 0.717) is 0 Å². The van der Waals surface area contributed by atoms with Gasteiger partial charge in [0.25, 0.3) is 0 Å². The van der Waals surface area contributed by atoms with Crippen LogP contribution in [0.3, 0.4) is 0 Å². The molecule has 86 valence electrons. The molecule has 0 spiro atoms. The van der Waals surface area contributed by atoms with Crippen molar-refractivity contribution in [2.24, 2.45) is 5.73 Å². The first-order valence-electron chi connectivity index (χ1n) is 5.79. The molecule has 2 aromatic rings. The monoisotopic (exact) mass is 217 g/mol. The third-order valence-corrected chi connectivity index (χ3v) is 3.02. The molecule has 0 bridgehead atoms. The van der Waals surface area contributed by atoms with Crippen LogP contribution in [-0.2, 0) is 5.54 Å². The summed E-state index contributed by atoms with van der Waals surface area (Å²) in [6, 6.07) is 6.15. The van der Waals surface area contributed by atoms with Crippen LogP contribution in [0.4, 0.5) is 0 Å². The van der Waals surface area contributed by atoms with E-state index in [2.05, 4.69) is 29.9 Å². The van der Waals surface area contributed by atoms with Gasteiger partial charge in [-0.3, -0.25) is 0 Å². The van der Waals surface area contributed by atoms with Crippen LogP contribution in [0.1, 0.15) is 38.1 Å². The summed E-state index contributed by atoms with van der Waals surface area (Å²) in [5.41, 5.74) is 9.20. The summed E-state index contributed by atoms with van der Waals surface area (Å²) in [5, 5.41) is 0. The number of aromatic amines is 1. The van der Waals surface area contributed by atoms with Crippen molar-refractivity contribution in [1.29, 1.82) is 0 Å². The van der Waals surface area contributed by atoms with Crippen LogP contribution in [-0.4, -0.2) is 9.97 Å². The molecule has 1 aromatic heterocycles. The van der Waals surface area contributed by atoms with Gasteiger partial charge in [-0.25, -0.2) is 4.98 Å². The minimum Gasteiger partial charge on any atom is -0.340 e. The molecule has 3 nitrogen and oxygen atoms in total. The van der Waals surface area contributed by atoms with Crippen molar-refractivity contribution in [3.63, 3.8) is 0 Å². The van der Waals surface area contributed by atoms with E-state index in [4.69, 9.17) is 5.73 Å². The maximum atomic E-state index is 6.27. The fraction of sp³-hybridized carbons (Fsp3) is 0.462. The fourth-order valence-corrected chi connectivity index (χ4v) is 2.08. The summed E-state index contributed by atoms with van der Waals surface area (Å²) in [6.07, 6.45) is 1.99. The predicted molar refractivity (Wildman–Crippen MR) is 67.3 cm³/mol. The minimum atomic E-state index is -0.361. The summed E-state index contributed by atoms with van der Waals surface area (Å²) in [6.45, 7) is 6.24. The second kappa shape index (κ2) is 3.91. The topological polar surface area (TPSA) is 54.7 Å². The number of aromatic nitrogens is 2. The molecule has 0 saturated heterocycles. The number of para-hydroxylation sites is 1. The Morgan fingerprint density at radius 3 is 2.81 bits per heavy atom. The first-order valence-corrected chi connectivity index (χ1v) is 5.79. The number of fused-ring (bicyclic) bond motifs is 1. The lowest BCUT2D eigenvalue weighted by atomic mass is 9.97. The summed E-state index contributed by atoms with van der Waals surface area (Å²) < 4.78 is 0. The Kier molecular flexibility index (Phi) is 2.72. The Labute approximate surface area is 96.1 Å². The van der Waals surface area contributed by atoms with Crippen molar-refractivity contribution in [2.45, 2.75) is 39.2 Å². The molecule has 0 amide bonds. The molecular weight excluding hydrogens is 198 g/mol. The van der Waals surface area contributed by atoms with Gasteiger partial charge in [-0.05, 0) is 31.9 Å². The lowest BCUT2D eigenvalue weighted by Gasteiger charge is -2.20.